The Labute approximate surface area is 105 Å². The second kappa shape index (κ2) is 3.54. The molecule has 0 amide bonds. The topological polar surface area (TPSA) is 50.5 Å². The smallest absolute Gasteiger partial charge is 0.168 e. The van der Waals surface area contributed by atoms with Crippen LogP contribution in [-0.2, 0) is 0 Å². The first-order chi connectivity index (χ1) is 8.46. The zero-order valence-corrected chi connectivity index (χ0v) is 10.8. The summed E-state index contributed by atoms with van der Waals surface area (Å²) in [6.07, 6.45) is 3.43. The summed E-state index contributed by atoms with van der Waals surface area (Å²) in [6, 6.07) is 1.94. The average molecular weight is 244 g/mol. The molecule has 0 atom stereocenters. The van der Waals surface area contributed by atoms with Gasteiger partial charge in [-0.1, -0.05) is 13.8 Å². The lowest BCUT2D eigenvalue weighted by Gasteiger charge is -2.46. The molecule has 2 aromatic heterocycles. The van der Waals surface area contributed by atoms with Gasteiger partial charge in [-0.25, -0.2) is 9.50 Å². The molecule has 2 aromatic rings. The number of fused-ring (bicyclic) bond motifs is 1. The van der Waals surface area contributed by atoms with E-state index in [4.69, 9.17) is 0 Å². The van der Waals surface area contributed by atoms with Crippen LogP contribution in [0.5, 0.6) is 0 Å². The van der Waals surface area contributed by atoms with Crippen LogP contribution in [0.2, 0.25) is 0 Å². The average Bonchev–Trinajstić information content (AvgIpc) is 2.68. The number of nitrogens with zero attached hydrogens (tertiary/aromatic N) is 4. The molecule has 1 fully saturated rings. The molecule has 0 aliphatic carbocycles. The third kappa shape index (κ3) is 1.66. The molecule has 0 radical (unpaired) electrons. The summed E-state index contributed by atoms with van der Waals surface area (Å²) in [6.45, 7) is 8.02. The van der Waals surface area contributed by atoms with Gasteiger partial charge in [-0.3, -0.25) is 4.79 Å². The minimum absolute atomic E-state index is 0.00131. The van der Waals surface area contributed by atoms with E-state index in [-0.39, 0.29) is 5.78 Å². The summed E-state index contributed by atoms with van der Waals surface area (Å²) < 4.78 is 1.64. The predicted octanol–water partition coefficient (Wildman–Crippen LogP) is 1.78. The molecule has 0 bridgehead atoms. The molecule has 94 valence electrons. The molecule has 18 heavy (non-hydrogen) atoms. The van der Waals surface area contributed by atoms with Gasteiger partial charge in [0.15, 0.2) is 11.4 Å². The Balaban J connectivity index is 2.00. The second-order valence-corrected chi connectivity index (χ2v) is 5.69. The third-order valence-corrected chi connectivity index (χ3v) is 3.30. The van der Waals surface area contributed by atoms with E-state index in [2.05, 4.69) is 28.8 Å². The van der Waals surface area contributed by atoms with E-state index >= 15 is 0 Å². The van der Waals surface area contributed by atoms with Gasteiger partial charge in [-0.2, -0.15) is 5.10 Å². The standard InChI is InChI=1S/C13H16N4O/c1-9(18)10-6-14-17-5-4-11(15-12(10)17)16-7-13(2,3)8-16/h4-6H,7-8H2,1-3H3. The number of carbonyl (C=O) groups is 1. The molecule has 1 aliphatic heterocycles. The van der Waals surface area contributed by atoms with Crippen LogP contribution in [0.3, 0.4) is 0 Å². The van der Waals surface area contributed by atoms with E-state index < -0.39 is 0 Å². The lowest BCUT2D eigenvalue weighted by molar-refractivity contribution is 0.101. The summed E-state index contributed by atoms with van der Waals surface area (Å²) in [4.78, 5) is 18.2. The van der Waals surface area contributed by atoms with Crippen LogP contribution >= 0.6 is 0 Å². The molecule has 3 heterocycles. The van der Waals surface area contributed by atoms with Gasteiger partial charge in [0.05, 0.1) is 11.8 Å². The highest BCUT2D eigenvalue weighted by Gasteiger charge is 2.35. The Kier molecular flexibility index (Phi) is 2.20. The third-order valence-electron chi connectivity index (χ3n) is 3.30. The van der Waals surface area contributed by atoms with Gasteiger partial charge in [0, 0.05) is 19.3 Å². The molecule has 0 saturated carbocycles. The first-order valence-corrected chi connectivity index (χ1v) is 6.07. The first-order valence-electron chi connectivity index (χ1n) is 6.07. The number of Topliss-reactive ketones (excluding diaryl/α,β-unsaturated/α-hetero) is 1. The highest BCUT2D eigenvalue weighted by Crippen LogP contribution is 2.32. The van der Waals surface area contributed by atoms with Crippen molar-refractivity contribution in [1.29, 1.82) is 0 Å². The minimum atomic E-state index is -0.00131. The van der Waals surface area contributed by atoms with Crippen molar-refractivity contribution in [2.45, 2.75) is 20.8 Å². The number of hydrogen-bond donors (Lipinski definition) is 0. The van der Waals surface area contributed by atoms with Crippen molar-refractivity contribution in [3.63, 3.8) is 0 Å². The van der Waals surface area contributed by atoms with E-state index in [0.717, 1.165) is 18.9 Å². The molecule has 5 nitrogen and oxygen atoms in total. The van der Waals surface area contributed by atoms with Crippen molar-refractivity contribution in [3.05, 3.63) is 24.0 Å². The maximum atomic E-state index is 11.5. The van der Waals surface area contributed by atoms with Crippen LogP contribution in [0.4, 0.5) is 5.82 Å². The quantitative estimate of drug-likeness (QED) is 0.756. The Morgan fingerprint density at radius 3 is 2.72 bits per heavy atom. The van der Waals surface area contributed by atoms with Gasteiger partial charge in [0.1, 0.15) is 5.82 Å². The lowest BCUT2D eigenvalue weighted by Crippen LogP contribution is -2.53. The van der Waals surface area contributed by atoms with E-state index in [1.165, 1.54) is 6.92 Å². The summed E-state index contributed by atoms with van der Waals surface area (Å²) >= 11 is 0. The number of carbonyl (C=O) groups excluding carboxylic acids is 1. The number of aromatic nitrogens is 3. The molecule has 0 N–H and O–H groups in total. The second-order valence-electron chi connectivity index (χ2n) is 5.69. The maximum Gasteiger partial charge on any atom is 0.168 e. The summed E-state index contributed by atoms with van der Waals surface area (Å²) in [5.41, 5.74) is 1.58. The maximum absolute atomic E-state index is 11.5. The number of anilines is 1. The fourth-order valence-corrected chi connectivity index (χ4v) is 2.43. The van der Waals surface area contributed by atoms with Crippen LogP contribution in [0.25, 0.3) is 5.65 Å². The van der Waals surface area contributed by atoms with Crippen LogP contribution in [0, 0.1) is 5.41 Å². The largest absolute Gasteiger partial charge is 0.355 e. The molecule has 5 heteroatoms. The van der Waals surface area contributed by atoms with Crippen LogP contribution < -0.4 is 4.90 Å². The van der Waals surface area contributed by atoms with Crippen molar-refractivity contribution in [2.24, 2.45) is 5.41 Å². The minimum Gasteiger partial charge on any atom is -0.355 e. The fraction of sp³-hybridized carbons (Fsp3) is 0.462. The zero-order chi connectivity index (χ0) is 12.9. The van der Waals surface area contributed by atoms with Gasteiger partial charge in [0.2, 0.25) is 0 Å². The monoisotopic (exact) mass is 244 g/mol. The molecule has 0 spiro atoms. The number of rotatable bonds is 2. The van der Waals surface area contributed by atoms with Gasteiger partial charge in [-0.15, -0.1) is 0 Å². The van der Waals surface area contributed by atoms with Gasteiger partial charge >= 0.3 is 0 Å². The van der Waals surface area contributed by atoms with E-state index in [9.17, 15) is 4.79 Å². The summed E-state index contributed by atoms with van der Waals surface area (Å²) in [5, 5.41) is 4.13. The van der Waals surface area contributed by atoms with Gasteiger partial charge in [-0.05, 0) is 18.4 Å². The van der Waals surface area contributed by atoms with Crippen LogP contribution in [0.15, 0.2) is 18.5 Å². The molecule has 0 aromatic carbocycles. The highest BCUT2D eigenvalue weighted by atomic mass is 16.1. The number of ketones is 1. The molecule has 0 unspecified atom stereocenters. The van der Waals surface area contributed by atoms with Crippen molar-refractivity contribution in [3.8, 4) is 0 Å². The molecule has 3 rings (SSSR count). The Hall–Kier alpha value is -1.91. The molecule has 1 aliphatic rings. The Morgan fingerprint density at radius 2 is 2.11 bits per heavy atom. The van der Waals surface area contributed by atoms with Crippen LogP contribution in [0.1, 0.15) is 31.1 Å². The summed E-state index contributed by atoms with van der Waals surface area (Å²) in [5.74, 6) is 0.920. The van der Waals surface area contributed by atoms with Crippen molar-refractivity contribution in [1.82, 2.24) is 14.6 Å². The van der Waals surface area contributed by atoms with E-state index in [0.29, 0.717) is 16.6 Å². The zero-order valence-electron chi connectivity index (χ0n) is 10.8. The number of hydrogen-bond acceptors (Lipinski definition) is 4. The molecular formula is C13H16N4O. The highest BCUT2D eigenvalue weighted by molar-refractivity contribution is 5.99. The lowest BCUT2D eigenvalue weighted by atomic mass is 9.84. The van der Waals surface area contributed by atoms with Crippen LogP contribution in [-0.4, -0.2) is 33.5 Å². The normalized spacial score (nSPS) is 17.8. The fourth-order valence-electron chi connectivity index (χ4n) is 2.43. The Morgan fingerprint density at radius 1 is 1.39 bits per heavy atom. The van der Waals surface area contributed by atoms with Crippen molar-refractivity contribution in [2.75, 3.05) is 18.0 Å². The van der Waals surface area contributed by atoms with Crippen molar-refractivity contribution < 1.29 is 4.79 Å². The molecular weight excluding hydrogens is 228 g/mol. The Bertz CT molecular complexity index is 621. The predicted molar refractivity (Wildman–Crippen MR) is 69.0 cm³/mol. The molecule has 1 saturated heterocycles. The van der Waals surface area contributed by atoms with E-state index in [1.54, 1.807) is 10.7 Å². The van der Waals surface area contributed by atoms with Crippen molar-refractivity contribution >= 4 is 17.2 Å². The van der Waals surface area contributed by atoms with Gasteiger partial charge < -0.3 is 4.90 Å². The summed E-state index contributed by atoms with van der Waals surface area (Å²) in [7, 11) is 0. The van der Waals surface area contributed by atoms with E-state index in [1.807, 2.05) is 12.3 Å². The van der Waals surface area contributed by atoms with Gasteiger partial charge in [0.25, 0.3) is 0 Å². The SMILES string of the molecule is CC(=O)c1cnn2ccc(N3CC(C)(C)C3)nc12. The first kappa shape index (κ1) is 11.2.